The van der Waals surface area contributed by atoms with Crippen LogP contribution < -0.4 is 4.74 Å². The van der Waals surface area contributed by atoms with Crippen molar-refractivity contribution in [1.29, 1.82) is 0 Å². The minimum absolute atomic E-state index is 0.110. The minimum Gasteiger partial charge on any atom is -0.489 e. The van der Waals surface area contributed by atoms with E-state index in [9.17, 15) is 13.2 Å². The van der Waals surface area contributed by atoms with Crippen molar-refractivity contribution in [3.63, 3.8) is 0 Å². The average molecular weight is 282 g/mol. The Morgan fingerprint density at radius 1 is 1.32 bits per heavy atom. The first-order valence-corrected chi connectivity index (χ1v) is 8.22. The summed E-state index contributed by atoms with van der Waals surface area (Å²) in [7, 11) is -2.90. The van der Waals surface area contributed by atoms with E-state index in [2.05, 4.69) is 0 Å². The normalized spacial score (nSPS) is 21.2. The molecule has 0 aliphatic carbocycles. The highest BCUT2D eigenvalue weighted by molar-refractivity contribution is 7.91. The molecule has 1 aliphatic rings. The van der Waals surface area contributed by atoms with Crippen LogP contribution in [0.2, 0.25) is 0 Å². The van der Waals surface area contributed by atoms with Crippen LogP contribution >= 0.6 is 0 Å². The maximum absolute atomic E-state index is 11.3. The second-order valence-corrected chi connectivity index (χ2v) is 7.22. The van der Waals surface area contributed by atoms with Crippen molar-refractivity contribution in [2.24, 2.45) is 0 Å². The van der Waals surface area contributed by atoms with E-state index in [-0.39, 0.29) is 23.4 Å². The van der Waals surface area contributed by atoms with Gasteiger partial charge in [0.1, 0.15) is 17.6 Å². The third-order valence-corrected chi connectivity index (χ3v) is 4.92. The van der Waals surface area contributed by atoms with Crippen LogP contribution in [-0.4, -0.2) is 31.8 Å². The first-order chi connectivity index (χ1) is 8.94. The van der Waals surface area contributed by atoms with E-state index in [1.165, 1.54) is 0 Å². The first kappa shape index (κ1) is 14.1. The number of ketones is 1. The standard InChI is InChI=1S/C14H18O4S/c1-11(15)2-3-12-4-6-13(7-5-12)18-14-8-9-19(16,17)10-14/h4-7,14H,2-3,8-10H2,1H3. The van der Waals surface area contributed by atoms with Crippen LogP contribution in [0.25, 0.3) is 0 Å². The molecule has 0 saturated carbocycles. The number of aryl methyl sites for hydroxylation is 1. The van der Waals surface area contributed by atoms with E-state index >= 15 is 0 Å². The van der Waals surface area contributed by atoms with Gasteiger partial charge in [-0.3, -0.25) is 0 Å². The third-order valence-electron chi connectivity index (χ3n) is 3.18. The van der Waals surface area contributed by atoms with Gasteiger partial charge in [0.25, 0.3) is 0 Å². The molecular formula is C14H18O4S. The molecule has 0 radical (unpaired) electrons. The zero-order valence-corrected chi connectivity index (χ0v) is 11.8. The van der Waals surface area contributed by atoms with Gasteiger partial charge >= 0.3 is 0 Å². The number of sulfone groups is 1. The molecule has 1 fully saturated rings. The van der Waals surface area contributed by atoms with Gasteiger partial charge in [0.05, 0.1) is 11.5 Å². The largest absolute Gasteiger partial charge is 0.489 e. The molecule has 104 valence electrons. The Labute approximate surface area is 113 Å². The monoisotopic (exact) mass is 282 g/mol. The Morgan fingerprint density at radius 2 is 2.00 bits per heavy atom. The average Bonchev–Trinajstić information content (AvgIpc) is 2.68. The van der Waals surface area contributed by atoms with E-state index in [1.807, 2.05) is 24.3 Å². The van der Waals surface area contributed by atoms with Gasteiger partial charge < -0.3 is 9.53 Å². The predicted molar refractivity (Wildman–Crippen MR) is 73.1 cm³/mol. The van der Waals surface area contributed by atoms with Crippen molar-refractivity contribution in [2.75, 3.05) is 11.5 Å². The Bertz CT molecular complexity index is 545. The zero-order chi connectivity index (χ0) is 13.9. The molecule has 5 heteroatoms. The molecule has 1 atom stereocenters. The number of rotatable bonds is 5. The highest BCUT2D eigenvalue weighted by Crippen LogP contribution is 2.20. The molecule has 4 nitrogen and oxygen atoms in total. The molecule has 19 heavy (non-hydrogen) atoms. The lowest BCUT2D eigenvalue weighted by Gasteiger charge is -2.12. The molecule has 1 aliphatic heterocycles. The van der Waals surface area contributed by atoms with Gasteiger partial charge in [-0.2, -0.15) is 0 Å². The van der Waals surface area contributed by atoms with Crippen LogP contribution in [0.5, 0.6) is 5.75 Å². The number of carbonyl (C=O) groups excluding carboxylic acids is 1. The molecule has 0 spiro atoms. The third kappa shape index (κ3) is 4.35. The zero-order valence-electron chi connectivity index (χ0n) is 11.0. The van der Waals surface area contributed by atoms with Gasteiger partial charge in [-0.1, -0.05) is 12.1 Å². The van der Waals surface area contributed by atoms with E-state index < -0.39 is 9.84 Å². The fourth-order valence-corrected chi connectivity index (χ4v) is 3.69. The molecule has 0 aromatic heterocycles. The number of ether oxygens (including phenoxy) is 1. The Hall–Kier alpha value is -1.36. The lowest BCUT2D eigenvalue weighted by Crippen LogP contribution is -2.17. The fourth-order valence-electron chi connectivity index (χ4n) is 2.10. The second-order valence-electron chi connectivity index (χ2n) is 4.99. The van der Waals surface area contributed by atoms with Crippen molar-refractivity contribution in [2.45, 2.75) is 32.3 Å². The fraction of sp³-hybridized carbons (Fsp3) is 0.500. The molecule has 1 aromatic carbocycles. The molecule has 2 rings (SSSR count). The Kier molecular flexibility index (Phi) is 4.24. The summed E-state index contributed by atoms with van der Waals surface area (Å²) in [5.74, 6) is 1.19. The summed E-state index contributed by atoms with van der Waals surface area (Å²) in [5.41, 5.74) is 1.08. The van der Waals surface area contributed by atoms with Gasteiger partial charge in [0.15, 0.2) is 9.84 Å². The molecule has 0 N–H and O–H groups in total. The summed E-state index contributed by atoms with van der Waals surface area (Å²) < 4.78 is 28.3. The topological polar surface area (TPSA) is 60.4 Å². The van der Waals surface area contributed by atoms with Crippen molar-refractivity contribution >= 4 is 15.6 Å². The molecule has 1 unspecified atom stereocenters. The number of carbonyl (C=O) groups is 1. The Morgan fingerprint density at radius 3 is 2.53 bits per heavy atom. The Balaban J connectivity index is 1.90. The second kappa shape index (κ2) is 5.74. The molecule has 0 amide bonds. The van der Waals surface area contributed by atoms with Gasteiger partial charge in [0.2, 0.25) is 0 Å². The summed E-state index contributed by atoms with van der Waals surface area (Å²) in [6.07, 6.45) is 1.61. The summed E-state index contributed by atoms with van der Waals surface area (Å²) in [6, 6.07) is 7.50. The summed E-state index contributed by atoms with van der Waals surface area (Å²) in [5, 5.41) is 0. The molecule has 1 heterocycles. The van der Waals surface area contributed by atoms with Crippen LogP contribution in [0.3, 0.4) is 0 Å². The number of benzene rings is 1. The van der Waals surface area contributed by atoms with Crippen molar-refractivity contribution in [1.82, 2.24) is 0 Å². The lowest BCUT2D eigenvalue weighted by molar-refractivity contribution is -0.116. The van der Waals surface area contributed by atoms with Crippen LogP contribution in [0.1, 0.15) is 25.3 Å². The quantitative estimate of drug-likeness (QED) is 0.826. The number of hydrogen-bond acceptors (Lipinski definition) is 4. The SMILES string of the molecule is CC(=O)CCc1ccc(OC2CCS(=O)(=O)C2)cc1. The maximum Gasteiger partial charge on any atom is 0.154 e. The van der Waals surface area contributed by atoms with E-state index in [1.54, 1.807) is 6.92 Å². The van der Waals surface area contributed by atoms with E-state index in [0.29, 0.717) is 18.6 Å². The smallest absolute Gasteiger partial charge is 0.154 e. The van der Waals surface area contributed by atoms with Crippen LogP contribution in [0, 0.1) is 0 Å². The molecule has 0 bridgehead atoms. The van der Waals surface area contributed by atoms with Gasteiger partial charge in [-0.15, -0.1) is 0 Å². The summed E-state index contributed by atoms with van der Waals surface area (Å²) in [4.78, 5) is 10.9. The lowest BCUT2D eigenvalue weighted by atomic mass is 10.1. The van der Waals surface area contributed by atoms with Crippen molar-refractivity contribution < 1.29 is 17.9 Å². The minimum atomic E-state index is -2.90. The predicted octanol–water partition coefficient (Wildman–Crippen LogP) is 1.77. The van der Waals surface area contributed by atoms with Crippen molar-refractivity contribution in [3.8, 4) is 5.75 Å². The number of Topliss-reactive ketones (excluding diaryl/α,β-unsaturated/α-hetero) is 1. The highest BCUT2D eigenvalue weighted by atomic mass is 32.2. The summed E-state index contributed by atoms with van der Waals surface area (Å²) in [6.45, 7) is 1.58. The van der Waals surface area contributed by atoms with Gasteiger partial charge in [-0.05, 0) is 37.5 Å². The van der Waals surface area contributed by atoms with Crippen LogP contribution in [-0.2, 0) is 21.1 Å². The van der Waals surface area contributed by atoms with Gasteiger partial charge in [0, 0.05) is 6.42 Å². The van der Waals surface area contributed by atoms with Crippen LogP contribution in [0.15, 0.2) is 24.3 Å². The molecular weight excluding hydrogens is 264 g/mol. The summed E-state index contributed by atoms with van der Waals surface area (Å²) >= 11 is 0. The van der Waals surface area contributed by atoms with Gasteiger partial charge in [-0.25, -0.2) is 8.42 Å². The van der Waals surface area contributed by atoms with Crippen molar-refractivity contribution in [3.05, 3.63) is 29.8 Å². The van der Waals surface area contributed by atoms with E-state index in [4.69, 9.17) is 4.74 Å². The first-order valence-electron chi connectivity index (χ1n) is 6.40. The molecule has 1 aromatic rings. The highest BCUT2D eigenvalue weighted by Gasteiger charge is 2.29. The number of hydrogen-bond donors (Lipinski definition) is 0. The maximum atomic E-state index is 11.3. The van der Waals surface area contributed by atoms with E-state index in [0.717, 1.165) is 12.0 Å². The van der Waals surface area contributed by atoms with Crippen LogP contribution in [0.4, 0.5) is 0 Å². The molecule has 1 saturated heterocycles.